The van der Waals surface area contributed by atoms with Gasteiger partial charge >= 0.3 is 6.01 Å². The first-order valence-corrected chi connectivity index (χ1v) is 11.1. The Bertz CT molecular complexity index is 1110. The summed E-state index contributed by atoms with van der Waals surface area (Å²) < 4.78 is 16.7. The number of H-pyrrole nitrogens is 1. The van der Waals surface area contributed by atoms with Crippen LogP contribution in [-0.4, -0.2) is 90.7 Å². The van der Waals surface area contributed by atoms with Gasteiger partial charge in [0.15, 0.2) is 11.5 Å². The summed E-state index contributed by atoms with van der Waals surface area (Å²) in [4.78, 5) is 16.3. The minimum absolute atomic E-state index is 0.0376. The second kappa shape index (κ2) is 10.1. The van der Waals surface area contributed by atoms with Gasteiger partial charge in [-0.2, -0.15) is 9.97 Å². The summed E-state index contributed by atoms with van der Waals surface area (Å²) in [6.45, 7) is 7.24. The van der Waals surface area contributed by atoms with E-state index >= 15 is 0 Å². The van der Waals surface area contributed by atoms with E-state index in [0.29, 0.717) is 37.1 Å². The minimum atomic E-state index is -0.0376. The van der Waals surface area contributed by atoms with Crippen LogP contribution < -0.4 is 9.64 Å². The third kappa shape index (κ3) is 5.21. The number of fused-ring (bicyclic) bond motifs is 1. The van der Waals surface area contributed by atoms with Crippen molar-refractivity contribution in [3.8, 4) is 11.9 Å². The molecule has 174 valence electrons. The van der Waals surface area contributed by atoms with Crippen LogP contribution in [0.4, 0.5) is 17.3 Å². The highest BCUT2D eigenvalue weighted by molar-refractivity contribution is 5.94. The normalized spacial score (nSPS) is 17.8. The van der Waals surface area contributed by atoms with E-state index in [0.717, 1.165) is 56.8 Å². The number of benzene rings is 1. The van der Waals surface area contributed by atoms with Crippen LogP contribution in [0.15, 0.2) is 40.6 Å². The molecule has 2 N–H and O–H groups in total. The standard InChI is InChI=1S/C22H27N7O4/c30-21-20(16-3-1-2-4-17(16)23-21)27-26-18-15-19(29-8-12-32-13-9-29)25-22(24-18)33-14-7-28-5-10-31-11-6-28/h1-4,15,23,30H,5-14H2. The first-order valence-electron chi connectivity index (χ1n) is 11.1. The van der Waals surface area contributed by atoms with E-state index in [2.05, 4.69) is 35.0 Å². The molecular weight excluding hydrogens is 426 g/mol. The molecule has 2 aliphatic heterocycles. The van der Waals surface area contributed by atoms with Crippen LogP contribution in [0.2, 0.25) is 0 Å². The Kier molecular flexibility index (Phi) is 6.61. The number of azo groups is 1. The number of morpholine rings is 2. The van der Waals surface area contributed by atoms with E-state index in [9.17, 15) is 5.11 Å². The summed E-state index contributed by atoms with van der Waals surface area (Å²) >= 11 is 0. The SMILES string of the molecule is Oc1[nH]c2ccccc2c1N=Nc1cc(N2CCOCC2)nc(OCCN2CCOCC2)n1. The first kappa shape index (κ1) is 21.6. The lowest BCUT2D eigenvalue weighted by molar-refractivity contribution is 0.0317. The summed E-state index contributed by atoms with van der Waals surface area (Å²) in [5, 5.41) is 19.6. The second-order valence-electron chi connectivity index (χ2n) is 7.84. The molecule has 0 spiro atoms. The van der Waals surface area contributed by atoms with Gasteiger partial charge in [0.05, 0.1) is 31.9 Å². The zero-order valence-corrected chi connectivity index (χ0v) is 18.3. The molecule has 0 amide bonds. The van der Waals surface area contributed by atoms with Crippen LogP contribution in [0.1, 0.15) is 0 Å². The van der Waals surface area contributed by atoms with E-state index in [1.165, 1.54) is 0 Å². The molecule has 5 rings (SSSR count). The zero-order valence-electron chi connectivity index (χ0n) is 18.3. The highest BCUT2D eigenvalue weighted by Crippen LogP contribution is 2.36. The number of aromatic amines is 1. The number of nitrogens with one attached hydrogen (secondary N) is 1. The molecule has 0 radical (unpaired) electrons. The van der Waals surface area contributed by atoms with Crippen molar-refractivity contribution in [1.29, 1.82) is 0 Å². The van der Waals surface area contributed by atoms with Crippen molar-refractivity contribution in [3.63, 3.8) is 0 Å². The number of hydrogen-bond donors (Lipinski definition) is 2. The van der Waals surface area contributed by atoms with Crippen LogP contribution in [0, 0.1) is 0 Å². The highest BCUT2D eigenvalue weighted by Gasteiger charge is 2.17. The fourth-order valence-corrected chi connectivity index (χ4v) is 3.88. The van der Waals surface area contributed by atoms with Gasteiger partial charge in [-0.15, -0.1) is 10.2 Å². The average Bonchev–Trinajstić information content (AvgIpc) is 3.18. The van der Waals surface area contributed by atoms with Crippen molar-refractivity contribution in [1.82, 2.24) is 19.9 Å². The molecule has 2 saturated heterocycles. The van der Waals surface area contributed by atoms with Crippen LogP contribution in [0.5, 0.6) is 11.9 Å². The fraction of sp³-hybridized carbons (Fsp3) is 0.455. The van der Waals surface area contributed by atoms with E-state index in [1.54, 1.807) is 6.07 Å². The van der Waals surface area contributed by atoms with Gasteiger partial charge in [0.1, 0.15) is 12.4 Å². The van der Waals surface area contributed by atoms with Gasteiger partial charge in [-0.25, -0.2) is 0 Å². The molecule has 3 aromatic rings. The Morgan fingerprint density at radius 1 is 1.00 bits per heavy atom. The Morgan fingerprint density at radius 3 is 2.58 bits per heavy atom. The number of anilines is 1. The fourth-order valence-electron chi connectivity index (χ4n) is 3.88. The van der Waals surface area contributed by atoms with E-state index in [1.807, 2.05) is 24.3 Å². The Labute approximate surface area is 191 Å². The van der Waals surface area contributed by atoms with Gasteiger partial charge in [0.25, 0.3) is 0 Å². The topological polar surface area (TPSA) is 121 Å². The van der Waals surface area contributed by atoms with Gasteiger partial charge in [0, 0.05) is 44.2 Å². The third-order valence-corrected chi connectivity index (χ3v) is 5.67. The molecule has 1 aromatic carbocycles. The van der Waals surface area contributed by atoms with Crippen molar-refractivity contribution in [2.24, 2.45) is 10.2 Å². The zero-order chi connectivity index (χ0) is 22.5. The molecule has 2 fully saturated rings. The molecule has 4 heterocycles. The summed E-state index contributed by atoms with van der Waals surface area (Å²) in [6.07, 6.45) is 0. The number of para-hydroxylation sites is 1. The molecule has 0 bridgehead atoms. The maximum atomic E-state index is 10.3. The first-order chi connectivity index (χ1) is 16.3. The molecule has 11 heteroatoms. The molecular formula is C22H27N7O4. The lowest BCUT2D eigenvalue weighted by Crippen LogP contribution is -2.38. The number of aromatic nitrogens is 3. The van der Waals surface area contributed by atoms with Crippen molar-refractivity contribution < 1.29 is 19.3 Å². The summed E-state index contributed by atoms with van der Waals surface area (Å²) in [5.74, 6) is 1.04. The van der Waals surface area contributed by atoms with Gasteiger partial charge in [-0.05, 0) is 6.07 Å². The van der Waals surface area contributed by atoms with Gasteiger partial charge in [-0.3, -0.25) is 4.90 Å². The van der Waals surface area contributed by atoms with Crippen molar-refractivity contribution >= 4 is 28.2 Å². The smallest absolute Gasteiger partial charge is 0.320 e. The third-order valence-electron chi connectivity index (χ3n) is 5.67. The quantitative estimate of drug-likeness (QED) is 0.524. The number of aromatic hydroxyl groups is 1. The average molecular weight is 454 g/mol. The monoisotopic (exact) mass is 453 g/mol. The van der Waals surface area contributed by atoms with Crippen LogP contribution in [-0.2, 0) is 9.47 Å². The van der Waals surface area contributed by atoms with Gasteiger partial charge < -0.3 is 29.2 Å². The number of rotatable bonds is 7. The molecule has 0 unspecified atom stereocenters. The Hall–Kier alpha value is -3.28. The van der Waals surface area contributed by atoms with Crippen molar-refractivity contribution in [2.45, 2.75) is 0 Å². The number of hydrogen-bond acceptors (Lipinski definition) is 10. The van der Waals surface area contributed by atoms with Crippen molar-refractivity contribution in [3.05, 3.63) is 30.3 Å². The van der Waals surface area contributed by atoms with E-state index < -0.39 is 0 Å². The maximum absolute atomic E-state index is 10.3. The van der Waals surface area contributed by atoms with Crippen LogP contribution >= 0.6 is 0 Å². The molecule has 33 heavy (non-hydrogen) atoms. The highest BCUT2D eigenvalue weighted by atomic mass is 16.5. The van der Waals surface area contributed by atoms with E-state index in [4.69, 9.17) is 14.2 Å². The molecule has 2 aromatic heterocycles. The molecule has 2 aliphatic rings. The predicted octanol–water partition coefficient (Wildman–Crippen LogP) is 2.63. The summed E-state index contributed by atoms with van der Waals surface area (Å²) in [7, 11) is 0. The lowest BCUT2D eigenvalue weighted by atomic mass is 10.2. The van der Waals surface area contributed by atoms with Gasteiger partial charge in [-0.1, -0.05) is 18.2 Å². The van der Waals surface area contributed by atoms with E-state index in [-0.39, 0.29) is 11.9 Å². The molecule has 0 saturated carbocycles. The molecule has 0 atom stereocenters. The number of nitrogens with zero attached hydrogens (tertiary/aromatic N) is 6. The van der Waals surface area contributed by atoms with Crippen molar-refractivity contribution in [2.75, 3.05) is 70.7 Å². The Balaban J connectivity index is 1.37. The predicted molar refractivity (Wildman–Crippen MR) is 122 cm³/mol. The Morgan fingerprint density at radius 2 is 1.76 bits per heavy atom. The molecule has 11 nitrogen and oxygen atoms in total. The number of ether oxygens (including phenoxy) is 3. The van der Waals surface area contributed by atoms with Crippen LogP contribution in [0.25, 0.3) is 10.9 Å². The summed E-state index contributed by atoms with van der Waals surface area (Å²) in [5.41, 5.74) is 1.15. The van der Waals surface area contributed by atoms with Crippen LogP contribution in [0.3, 0.4) is 0 Å². The summed E-state index contributed by atoms with van der Waals surface area (Å²) in [6, 6.07) is 9.55. The second-order valence-corrected chi connectivity index (χ2v) is 7.84. The largest absolute Gasteiger partial charge is 0.493 e. The minimum Gasteiger partial charge on any atom is -0.493 e. The maximum Gasteiger partial charge on any atom is 0.320 e. The lowest BCUT2D eigenvalue weighted by Gasteiger charge is -2.28. The molecule has 0 aliphatic carbocycles. The van der Waals surface area contributed by atoms with Gasteiger partial charge in [0.2, 0.25) is 5.88 Å².